The quantitative estimate of drug-likeness (QED) is 0.818. The van der Waals surface area contributed by atoms with Gasteiger partial charge in [0.05, 0.1) is 19.7 Å². The molecule has 15 heavy (non-hydrogen) atoms. The summed E-state index contributed by atoms with van der Waals surface area (Å²) in [5.74, 6) is 1.64. The Morgan fingerprint density at radius 3 is 2.40 bits per heavy atom. The Bertz CT molecular complexity index is 500. The van der Waals surface area contributed by atoms with Crippen LogP contribution >= 0.6 is 0 Å². The zero-order chi connectivity index (χ0) is 11.0. The van der Waals surface area contributed by atoms with Gasteiger partial charge in [-0.05, 0) is 25.5 Å². The normalized spacial score (nSPS) is 10.7. The maximum atomic E-state index is 5.33. The minimum Gasteiger partial charge on any atom is -0.497 e. The van der Waals surface area contributed by atoms with Crippen molar-refractivity contribution < 1.29 is 9.47 Å². The fraction of sp³-hybridized carbons (Fsp3) is 0.333. The first-order chi connectivity index (χ1) is 7.17. The van der Waals surface area contributed by atoms with Crippen LogP contribution in [-0.4, -0.2) is 19.2 Å². The van der Waals surface area contributed by atoms with Gasteiger partial charge in [0.15, 0.2) is 0 Å². The topological polar surface area (TPSA) is 34.2 Å². The minimum absolute atomic E-state index is 0.820. The molecule has 1 aromatic carbocycles. The van der Waals surface area contributed by atoms with Gasteiger partial charge in [-0.1, -0.05) is 0 Å². The second-order valence-electron chi connectivity index (χ2n) is 3.63. The molecule has 0 saturated carbocycles. The van der Waals surface area contributed by atoms with E-state index in [0.29, 0.717) is 0 Å². The van der Waals surface area contributed by atoms with Crippen molar-refractivity contribution in [1.29, 1.82) is 0 Å². The summed E-state index contributed by atoms with van der Waals surface area (Å²) in [6, 6.07) is 3.91. The van der Waals surface area contributed by atoms with Gasteiger partial charge in [0.2, 0.25) is 0 Å². The number of ether oxygens (including phenoxy) is 2. The zero-order valence-electron chi connectivity index (χ0n) is 9.47. The Morgan fingerprint density at radius 2 is 1.80 bits per heavy atom. The van der Waals surface area contributed by atoms with Crippen LogP contribution in [0.3, 0.4) is 0 Å². The third kappa shape index (κ3) is 1.44. The molecule has 0 amide bonds. The molecule has 3 heteroatoms. The SMILES string of the molecule is COc1cc(OC)c2[nH]c(C)c(C)c2c1. The number of aromatic amines is 1. The van der Waals surface area contributed by atoms with E-state index in [9.17, 15) is 0 Å². The van der Waals surface area contributed by atoms with Crippen LogP contribution in [0.15, 0.2) is 12.1 Å². The van der Waals surface area contributed by atoms with Crippen molar-refractivity contribution in [2.75, 3.05) is 14.2 Å². The molecular weight excluding hydrogens is 190 g/mol. The molecule has 0 fully saturated rings. The van der Waals surface area contributed by atoms with Crippen molar-refractivity contribution in [3.63, 3.8) is 0 Å². The van der Waals surface area contributed by atoms with Crippen LogP contribution in [0, 0.1) is 13.8 Å². The lowest BCUT2D eigenvalue weighted by Gasteiger charge is -2.05. The number of fused-ring (bicyclic) bond motifs is 1. The Labute approximate surface area is 89.0 Å². The van der Waals surface area contributed by atoms with Crippen LogP contribution in [0.1, 0.15) is 11.3 Å². The van der Waals surface area contributed by atoms with E-state index < -0.39 is 0 Å². The van der Waals surface area contributed by atoms with Crippen LogP contribution in [-0.2, 0) is 0 Å². The van der Waals surface area contributed by atoms with Crippen LogP contribution in [0.2, 0.25) is 0 Å². The van der Waals surface area contributed by atoms with E-state index >= 15 is 0 Å². The van der Waals surface area contributed by atoms with Crippen LogP contribution in [0.4, 0.5) is 0 Å². The fourth-order valence-electron chi connectivity index (χ4n) is 1.78. The number of aromatic nitrogens is 1. The Hall–Kier alpha value is -1.64. The van der Waals surface area contributed by atoms with Crippen molar-refractivity contribution >= 4 is 10.9 Å². The summed E-state index contributed by atoms with van der Waals surface area (Å²) in [6.07, 6.45) is 0. The average Bonchev–Trinajstić information content (AvgIpc) is 2.54. The Kier molecular flexibility index (Phi) is 2.31. The monoisotopic (exact) mass is 205 g/mol. The van der Waals surface area contributed by atoms with Crippen LogP contribution in [0.5, 0.6) is 11.5 Å². The van der Waals surface area contributed by atoms with Gasteiger partial charge in [0, 0.05) is 17.1 Å². The second-order valence-corrected chi connectivity index (χ2v) is 3.63. The van der Waals surface area contributed by atoms with E-state index in [1.165, 1.54) is 5.56 Å². The van der Waals surface area contributed by atoms with Crippen LogP contribution < -0.4 is 9.47 Å². The number of nitrogens with one attached hydrogen (secondary N) is 1. The summed E-state index contributed by atoms with van der Waals surface area (Å²) in [5, 5.41) is 1.16. The number of rotatable bonds is 2. The largest absolute Gasteiger partial charge is 0.497 e. The minimum atomic E-state index is 0.820. The summed E-state index contributed by atoms with van der Waals surface area (Å²) in [7, 11) is 3.33. The Morgan fingerprint density at radius 1 is 1.07 bits per heavy atom. The highest BCUT2D eigenvalue weighted by Crippen LogP contribution is 2.33. The van der Waals surface area contributed by atoms with E-state index in [0.717, 1.165) is 28.1 Å². The molecule has 0 spiro atoms. The van der Waals surface area contributed by atoms with Crippen molar-refractivity contribution in [2.45, 2.75) is 13.8 Å². The molecule has 3 nitrogen and oxygen atoms in total. The molecule has 0 aliphatic rings. The molecule has 0 aliphatic carbocycles. The predicted octanol–water partition coefficient (Wildman–Crippen LogP) is 2.80. The van der Waals surface area contributed by atoms with E-state index in [1.54, 1.807) is 14.2 Å². The number of hydrogen-bond donors (Lipinski definition) is 1. The Balaban J connectivity index is 2.80. The molecule has 0 atom stereocenters. The van der Waals surface area contributed by atoms with Gasteiger partial charge < -0.3 is 14.5 Å². The van der Waals surface area contributed by atoms with Gasteiger partial charge in [-0.25, -0.2) is 0 Å². The average molecular weight is 205 g/mol. The van der Waals surface area contributed by atoms with E-state index in [2.05, 4.69) is 18.8 Å². The highest BCUT2D eigenvalue weighted by atomic mass is 16.5. The standard InChI is InChI=1S/C12H15NO2/c1-7-8(2)13-12-10(7)5-9(14-3)6-11(12)15-4/h5-6,13H,1-4H3. The summed E-state index contributed by atoms with van der Waals surface area (Å²) in [4.78, 5) is 3.32. The lowest BCUT2D eigenvalue weighted by atomic mass is 10.1. The van der Waals surface area contributed by atoms with Crippen LogP contribution in [0.25, 0.3) is 10.9 Å². The number of hydrogen-bond acceptors (Lipinski definition) is 2. The van der Waals surface area contributed by atoms with E-state index in [-0.39, 0.29) is 0 Å². The van der Waals surface area contributed by atoms with Gasteiger partial charge in [0.25, 0.3) is 0 Å². The maximum absolute atomic E-state index is 5.33. The first kappa shape index (κ1) is 9.90. The third-order valence-electron chi connectivity index (χ3n) is 2.81. The molecule has 2 rings (SSSR count). The van der Waals surface area contributed by atoms with Crippen molar-refractivity contribution in [3.05, 3.63) is 23.4 Å². The molecule has 1 heterocycles. The second kappa shape index (κ2) is 3.50. The highest BCUT2D eigenvalue weighted by molar-refractivity contribution is 5.90. The number of benzene rings is 1. The summed E-state index contributed by atoms with van der Waals surface area (Å²) in [5.41, 5.74) is 3.44. The van der Waals surface area contributed by atoms with Gasteiger partial charge in [-0.15, -0.1) is 0 Å². The number of H-pyrrole nitrogens is 1. The smallest absolute Gasteiger partial charge is 0.146 e. The van der Waals surface area contributed by atoms with Gasteiger partial charge in [0.1, 0.15) is 11.5 Å². The zero-order valence-corrected chi connectivity index (χ0v) is 9.47. The van der Waals surface area contributed by atoms with Crippen molar-refractivity contribution in [2.24, 2.45) is 0 Å². The number of aryl methyl sites for hydroxylation is 2. The van der Waals surface area contributed by atoms with E-state index in [4.69, 9.17) is 9.47 Å². The van der Waals surface area contributed by atoms with Crippen molar-refractivity contribution in [3.8, 4) is 11.5 Å². The molecule has 0 saturated heterocycles. The highest BCUT2D eigenvalue weighted by Gasteiger charge is 2.10. The molecule has 0 bridgehead atoms. The molecular formula is C12H15NO2. The van der Waals surface area contributed by atoms with E-state index in [1.807, 2.05) is 12.1 Å². The lowest BCUT2D eigenvalue weighted by molar-refractivity contribution is 0.397. The molecule has 0 radical (unpaired) electrons. The first-order valence-electron chi connectivity index (χ1n) is 4.88. The lowest BCUT2D eigenvalue weighted by Crippen LogP contribution is -1.88. The van der Waals surface area contributed by atoms with Gasteiger partial charge in [-0.3, -0.25) is 0 Å². The molecule has 0 aliphatic heterocycles. The maximum Gasteiger partial charge on any atom is 0.146 e. The number of methoxy groups -OCH3 is 2. The fourth-order valence-corrected chi connectivity index (χ4v) is 1.78. The summed E-state index contributed by atoms with van der Waals surface area (Å²) < 4.78 is 10.6. The van der Waals surface area contributed by atoms with Crippen molar-refractivity contribution in [1.82, 2.24) is 4.98 Å². The molecule has 0 unspecified atom stereocenters. The molecule has 1 N–H and O–H groups in total. The molecule has 80 valence electrons. The summed E-state index contributed by atoms with van der Waals surface area (Å²) >= 11 is 0. The third-order valence-corrected chi connectivity index (χ3v) is 2.81. The molecule has 2 aromatic rings. The van der Waals surface area contributed by atoms with Gasteiger partial charge >= 0.3 is 0 Å². The predicted molar refractivity (Wildman–Crippen MR) is 60.9 cm³/mol. The summed E-state index contributed by atoms with van der Waals surface area (Å²) in [6.45, 7) is 4.15. The first-order valence-corrected chi connectivity index (χ1v) is 4.88. The molecule has 1 aromatic heterocycles. The van der Waals surface area contributed by atoms with Gasteiger partial charge in [-0.2, -0.15) is 0 Å².